The largest absolute Gasteiger partial charge is 0.420 e. The van der Waals surface area contributed by atoms with Gasteiger partial charge in [0.15, 0.2) is 11.5 Å². The molecule has 0 aliphatic carbocycles. The predicted octanol–water partition coefficient (Wildman–Crippen LogP) is 5.07. The molecule has 0 aliphatic heterocycles. The number of halogens is 3. The summed E-state index contributed by atoms with van der Waals surface area (Å²) in [4.78, 5) is 23.7. The lowest BCUT2D eigenvalue weighted by atomic mass is 10.1. The van der Waals surface area contributed by atoms with Gasteiger partial charge >= 0.3 is 5.97 Å². The first kappa shape index (κ1) is 15.8. The van der Waals surface area contributed by atoms with Gasteiger partial charge in [0.2, 0.25) is 0 Å². The molecule has 0 bridgehead atoms. The summed E-state index contributed by atoms with van der Waals surface area (Å²) < 4.78 is 5.22. The molecule has 0 spiro atoms. The normalized spacial score (nSPS) is 10.3. The maximum Gasteiger partial charge on any atom is 0.343 e. The first-order valence-corrected chi connectivity index (χ1v) is 7.01. The Kier molecular flexibility index (Phi) is 4.88. The fourth-order valence-electron chi connectivity index (χ4n) is 1.67. The van der Waals surface area contributed by atoms with Gasteiger partial charge in [-0.1, -0.05) is 53.0 Å². The minimum atomic E-state index is -0.640. The zero-order valence-electron chi connectivity index (χ0n) is 10.8. The molecule has 0 aromatic heterocycles. The van der Waals surface area contributed by atoms with Crippen LogP contribution in [0.1, 0.15) is 27.6 Å². The van der Waals surface area contributed by atoms with E-state index in [9.17, 15) is 9.59 Å². The van der Waals surface area contributed by atoms with Crippen molar-refractivity contribution in [1.82, 2.24) is 0 Å². The van der Waals surface area contributed by atoms with E-state index in [0.717, 1.165) is 0 Å². The number of rotatable bonds is 3. The van der Waals surface area contributed by atoms with Gasteiger partial charge < -0.3 is 4.74 Å². The summed E-state index contributed by atoms with van der Waals surface area (Å²) in [5.74, 6) is -1.07. The molecular weight excluding hydrogens is 335 g/mol. The zero-order valence-corrected chi connectivity index (χ0v) is 13.1. The number of ketones is 1. The van der Waals surface area contributed by atoms with Gasteiger partial charge in [-0.2, -0.15) is 0 Å². The molecule has 21 heavy (non-hydrogen) atoms. The van der Waals surface area contributed by atoms with Gasteiger partial charge in [0.25, 0.3) is 0 Å². The van der Waals surface area contributed by atoms with Crippen molar-refractivity contribution in [3.8, 4) is 5.75 Å². The van der Waals surface area contributed by atoms with E-state index in [1.54, 1.807) is 30.3 Å². The van der Waals surface area contributed by atoms with E-state index in [1.807, 2.05) is 0 Å². The highest BCUT2D eigenvalue weighted by Gasteiger charge is 2.21. The number of ether oxygens (including phenoxy) is 1. The molecule has 0 saturated heterocycles. The summed E-state index contributed by atoms with van der Waals surface area (Å²) in [6, 6.07) is 9.65. The molecule has 6 heteroatoms. The zero-order chi connectivity index (χ0) is 15.6. The van der Waals surface area contributed by atoms with Gasteiger partial charge in [-0.15, -0.1) is 0 Å². The summed E-state index contributed by atoms with van der Waals surface area (Å²) in [7, 11) is 0. The fourth-order valence-corrected chi connectivity index (χ4v) is 2.30. The lowest BCUT2D eigenvalue weighted by Gasteiger charge is -2.12. The second-order valence-corrected chi connectivity index (χ2v) is 5.34. The van der Waals surface area contributed by atoms with E-state index >= 15 is 0 Å². The molecule has 2 rings (SSSR count). The standard InChI is InChI=1S/C15H9Cl3O3/c1-8(19)10-7-11(16)12(17)13(18)14(10)21-15(20)9-5-3-2-4-6-9/h2-7H,1H3. The molecule has 2 aromatic carbocycles. The number of carbonyl (C=O) groups excluding carboxylic acids is 2. The van der Waals surface area contributed by atoms with E-state index in [2.05, 4.69) is 0 Å². The fraction of sp³-hybridized carbons (Fsp3) is 0.0667. The smallest absolute Gasteiger partial charge is 0.343 e. The van der Waals surface area contributed by atoms with Gasteiger partial charge in [-0.3, -0.25) is 4.79 Å². The van der Waals surface area contributed by atoms with Crippen molar-refractivity contribution >= 4 is 46.6 Å². The van der Waals surface area contributed by atoms with Crippen molar-refractivity contribution in [2.24, 2.45) is 0 Å². The first-order valence-electron chi connectivity index (χ1n) is 5.87. The topological polar surface area (TPSA) is 43.4 Å². The van der Waals surface area contributed by atoms with E-state index in [4.69, 9.17) is 39.5 Å². The van der Waals surface area contributed by atoms with Gasteiger partial charge in [0.05, 0.1) is 21.2 Å². The maximum atomic E-state index is 12.1. The average Bonchev–Trinajstić information content (AvgIpc) is 2.48. The van der Waals surface area contributed by atoms with E-state index in [1.165, 1.54) is 13.0 Å². The Morgan fingerprint density at radius 2 is 1.62 bits per heavy atom. The molecule has 0 radical (unpaired) electrons. The summed E-state index contributed by atoms with van der Waals surface area (Å²) in [6.45, 7) is 1.32. The van der Waals surface area contributed by atoms with Crippen LogP contribution in [0.15, 0.2) is 36.4 Å². The van der Waals surface area contributed by atoms with Gasteiger partial charge in [-0.25, -0.2) is 4.79 Å². The Labute approximate surface area is 136 Å². The lowest BCUT2D eigenvalue weighted by Crippen LogP contribution is -2.11. The molecule has 0 unspecified atom stereocenters. The minimum absolute atomic E-state index is 0.0270. The number of benzene rings is 2. The van der Waals surface area contributed by atoms with E-state index in [-0.39, 0.29) is 32.2 Å². The average molecular weight is 344 g/mol. The second-order valence-electron chi connectivity index (χ2n) is 4.17. The van der Waals surface area contributed by atoms with Crippen LogP contribution in [-0.2, 0) is 0 Å². The van der Waals surface area contributed by atoms with E-state index in [0.29, 0.717) is 5.56 Å². The lowest BCUT2D eigenvalue weighted by molar-refractivity contribution is 0.0733. The van der Waals surface area contributed by atoms with Crippen LogP contribution in [0, 0.1) is 0 Å². The summed E-state index contributed by atoms with van der Waals surface area (Å²) in [6.07, 6.45) is 0. The highest BCUT2D eigenvalue weighted by atomic mass is 35.5. The van der Waals surface area contributed by atoms with Crippen molar-refractivity contribution in [3.05, 3.63) is 62.6 Å². The molecule has 0 aliphatic rings. The first-order chi connectivity index (χ1) is 9.91. The molecular formula is C15H9Cl3O3. The van der Waals surface area contributed by atoms with E-state index < -0.39 is 5.97 Å². The quantitative estimate of drug-likeness (QED) is 0.338. The number of Topliss-reactive ketones (excluding diaryl/α,β-unsaturated/α-hetero) is 1. The van der Waals surface area contributed by atoms with Crippen LogP contribution in [0.3, 0.4) is 0 Å². The summed E-state index contributed by atoms with van der Waals surface area (Å²) in [5.41, 5.74) is 0.424. The van der Waals surface area contributed by atoms with Gasteiger partial charge in [0.1, 0.15) is 5.02 Å². The SMILES string of the molecule is CC(=O)c1cc(Cl)c(Cl)c(Cl)c1OC(=O)c1ccccc1. The third-order valence-corrected chi connectivity index (χ3v) is 3.95. The predicted molar refractivity (Wildman–Crippen MR) is 82.9 cm³/mol. The Morgan fingerprint density at radius 1 is 1.00 bits per heavy atom. The monoisotopic (exact) mass is 342 g/mol. The Balaban J connectivity index is 2.46. The molecule has 2 aromatic rings. The molecule has 0 saturated carbocycles. The van der Waals surface area contributed by atoms with Crippen LogP contribution in [-0.4, -0.2) is 11.8 Å². The van der Waals surface area contributed by atoms with Crippen LogP contribution in [0.4, 0.5) is 0 Å². The third-order valence-electron chi connectivity index (χ3n) is 2.70. The summed E-state index contributed by atoms with van der Waals surface area (Å²) >= 11 is 17.8. The molecule has 108 valence electrons. The Bertz CT molecular complexity index is 712. The molecule has 0 atom stereocenters. The highest BCUT2D eigenvalue weighted by molar-refractivity contribution is 6.49. The van der Waals surface area contributed by atoms with Crippen molar-refractivity contribution in [2.45, 2.75) is 6.92 Å². The highest BCUT2D eigenvalue weighted by Crippen LogP contribution is 2.40. The van der Waals surface area contributed by atoms with Crippen molar-refractivity contribution in [2.75, 3.05) is 0 Å². The van der Waals surface area contributed by atoms with Gasteiger partial charge in [0, 0.05) is 0 Å². The van der Waals surface area contributed by atoms with Crippen LogP contribution >= 0.6 is 34.8 Å². The maximum absolute atomic E-state index is 12.1. The van der Waals surface area contributed by atoms with Crippen LogP contribution in [0.5, 0.6) is 5.75 Å². The number of carbonyl (C=O) groups is 2. The van der Waals surface area contributed by atoms with Crippen LogP contribution < -0.4 is 4.74 Å². The van der Waals surface area contributed by atoms with Crippen LogP contribution in [0.2, 0.25) is 15.1 Å². The second kappa shape index (κ2) is 6.48. The molecule has 0 amide bonds. The Hall–Kier alpha value is -1.55. The summed E-state index contributed by atoms with van der Waals surface area (Å²) in [5, 5.41) is 0.0734. The molecule has 0 N–H and O–H groups in total. The molecule has 0 fully saturated rings. The van der Waals surface area contributed by atoms with Gasteiger partial charge in [-0.05, 0) is 25.1 Å². The minimum Gasteiger partial charge on any atom is -0.420 e. The van der Waals surface area contributed by atoms with Crippen LogP contribution in [0.25, 0.3) is 0 Å². The number of hydrogen-bond acceptors (Lipinski definition) is 3. The number of hydrogen-bond donors (Lipinski definition) is 0. The van der Waals surface area contributed by atoms with Crippen molar-refractivity contribution < 1.29 is 14.3 Å². The molecule has 3 nitrogen and oxygen atoms in total. The van der Waals surface area contributed by atoms with Crippen molar-refractivity contribution in [3.63, 3.8) is 0 Å². The third kappa shape index (κ3) is 3.38. The molecule has 0 heterocycles. The Morgan fingerprint density at radius 3 is 2.19 bits per heavy atom. The number of esters is 1. The van der Waals surface area contributed by atoms with Crippen molar-refractivity contribution in [1.29, 1.82) is 0 Å².